The molecule has 0 aromatic heterocycles. The van der Waals surface area contributed by atoms with Gasteiger partial charge in [-0.05, 0) is 52.9 Å². The summed E-state index contributed by atoms with van der Waals surface area (Å²) in [6, 6.07) is 35.5. The van der Waals surface area contributed by atoms with Gasteiger partial charge in [0.25, 0.3) is 5.91 Å². The van der Waals surface area contributed by atoms with Gasteiger partial charge >= 0.3 is 0 Å². The van der Waals surface area contributed by atoms with Crippen LogP contribution in [0.15, 0.2) is 103 Å². The highest BCUT2D eigenvalue weighted by atomic mass is 16.5. The third-order valence-electron chi connectivity index (χ3n) is 6.26. The zero-order valence-corrected chi connectivity index (χ0v) is 18.7. The zero-order valence-electron chi connectivity index (χ0n) is 18.7. The normalized spacial score (nSPS) is 14.5. The van der Waals surface area contributed by atoms with E-state index < -0.39 is 0 Å². The highest BCUT2D eigenvalue weighted by molar-refractivity contribution is 5.99. The number of benzene rings is 4. The van der Waals surface area contributed by atoms with Crippen molar-refractivity contribution in [3.8, 4) is 11.8 Å². The first-order chi connectivity index (χ1) is 16.7. The Bertz CT molecular complexity index is 1340. The number of nitriles is 1. The number of rotatable bonds is 7. The molecule has 0 aliphatic carbocycles. The molecule has 4 aromatic carbocycles. The molecule has 166 valence electrons. The van der Waals surface area contributed by atoms with E-state index in [1.54, 1.807) is 0 Å². The number of ether oxygens (including phenoxy) is 1. The smallest absolute Gasteiger partial charge is 0.255 e. The molecule has 0 spiro atoms. The van der Waals surface area contributed by atoms with Gasteiger partial charge in [0.1, 0.15) is 12.4 Å². The second-order valence-corrected chi connectivity index (χ2v) is 8.43. The second-order valence-electron chi connectivity index (χ2n) is 8.43. The first kappa shape index (κ1) is 21.5. The molecular formula is C30H24N2O2. The van der Waals surface area contributed by atoms with E-state index in [4.69, 9.17) is 4.74 Å². The van der Waals surface area contributed by atoms with E-state index in [9.17, 15) is 10.1 Å². The van der Waals surface area contributed by atoms with Gasteiger partial charge < -0.3 is 9.64 Å². The number of fused-ring (bicyclic) bond motifs is 1. The van der Waals surface area contributed by atoms with Crippen LogP contribution in [0.2, 0.25) is 0 Å². The van der Waals surface area contributed by atoms with Gasteiger partial charge in [0.2, 0.25) is 0 Å². The summed E-state index contributed by atoms with van der Waals surface area (Å²) in [5, 5.41) is 9.54. The lowest BCUT2D eigenvalue weighted by atomic mass is 9.95. The SMILES string of the molecule is N#Cc1ccccc1CC1c2ccccc2C(=O)N1Cc1ccc(OCc2ccccc2)cc1. The fraction of sp³-hybridized carbons (Fsp3) is 0.133. The molecule has 5 rings (SSSR count). The predicted molar refractivity (Wildman–Crippen MR) is 131 cm³/mol. The first-order valence-electron chi connectivity index (χ1n) is 11.4. The summed E-state index contributed by atoms with van der Waals surface area (Å²) in [4.78, 5) is 15.2. The molecule has 34 heavy (non-hydrogen) atoms. The second kappa shape index (κ2) is 9.64. The Labute approximate surface area is 199 Å². The summed E-state index contributed by atoms with van der Waals surface area (Å²) >= 11 is 0. The van der Waals surface area contributed by atoms with Crippen molar-refractivity contribution < 1.29 is 9.53 Å². The summed E-state index contributed by atoms with van der Waals surface area (Å²) in [7, 11) is 0. The Hall–Kier alpha value is -4.36. The van der Waals surface area contributed by atoms with Crippen molar-refractivity contribution in [3.05, 3.63) is 137 Å². The van der Waals surface area contributed by atoms with Crippen LogP contribution in [0.5, 0.6) is 5.75 Å². The van der Waals surface area contributed by atoms with Crippen molar-refractivity contribution in [2.45, 2.75) is 25.6 Å². The van der Waals surface area contributed by atoms with Gasteiger partial charge in [-0.15, -0.1) is 0 Å². The third-order valence-corrected chi connectivity index (χ3v) is 6.26. The van der Waals surface area contributed by atoms with Gasteiger partial charge in [-0.2, -0.15) is 5.26 Å². The van der Waals surface area contributed by atoms with E-state index in [1.807, 2.05) is 108 Å². The fourth-order valence-corrected chi connectivity index (χ4v) is 4.49. The Balaban J connectivity index is 1.35. The molecule has 4 nitrogen and oxygen atoms in total. The highest BCUT2D eigenvalue weighted by Gasteiger charge is 2.36. The number of carbonyl (C=O) groups is 1. The fourth-order valence-electron chi connectivity index (χ4n) is 4.49. The van der Waals surface area contributed by atoms with Crippen LogP contribution in [0.1, 0.15) is 44.2 Å². The maximum atomic E-state index is 13.3. The lowest BCUT2D eigenvalue weighted by molar-refractivity contribution is 0.0709. The van der Waals surface area contributed by atoms with Crippen LogP contribution >= 0.6 is 0 Å². The molecule has 0 radical (unpaired) electrons. The Morgan fingerprint density at radius 3 is 2.29 bits per heavy atom. The minimum absolute atomic E-state index is 0.0273. The topological polar surface area (TPSA) is 53.3 Å². The van der Waals surface area contributed by atoms with Gasteiger partial charge in [-0.25, -0.2) is 0 Å². The number of amides is 1. The van der Waals surface area contributed by atoms with E-state index in [0.29, 0.717) is 25.1 Å². The number of hydrogen-bond acceptors (Lipinski definition) is 3. The molecule has 1 amide bonds. The maximum absolute atomic E-state index is 13.3. The summed E-state index contributed by atoms with van der Waals surface area (Å²) in [5.74, 6) is 0.822. The summed E-state index contributed by atoms with van der Waals surface area (Å²) < 4.78 is 5.90. The average Bonchev–Trinajstić information content (AvgIpc) is 3.15. The number of hydrogen-bond donors (Lipinski definition) is 0. The monoisotopic (exact) mass is 444 g/mol. The summed E-state index contributed by atoms with van der Waals surface area (Å²) in [6.07, 6.45) is 0.602. The zero-order chi connectivity index (χ0) is 23.3. The van der Waals surface area contributed by atoms with E-state index in [0.717, 1.165) is 33.6 Å². The van der Waals surface area contributed by atoms with Crippen molar-refractivity contribution in [2.24, 2.45) is 0 Å². The Morgan fingerprint density at radius 2 is 1.50 bits per heavy atom. The molecule has 1 heterocycles. The van der Waals surface area contributed by atoms with Gasteiger partial charge in [-0.1, -0.05) is 78.9 Å². The molecule has 4 heteroatoms. The first-order valence-corrected chi connectivity index (χ1v) is 11.4. The van der Waals surface area contributed by atoms with Gasteiger partial charge in [0, 0.05) is 12.1 Å². The van der Waals surface area contributed by atoms with Crippen LogP contribution in [-0.4, -0.2) is 10.8 Å². The molecular weight excluding hydrogens is 420 g/mol. The van der Waals surface area contributed by atoms with Crippen molar-refractivity contribution in [1.82, 2.24) is 4.90 Å². The molecule has 0 fully saturated rings. The summed E-state index contributed by atoms with van der Waals surface area (Å²) in [5.41, 5.74) is 5.51. The molecule has 0 saturated heterocycles. The highest BCUT2D eigenvalue weighted by Crippen LogP contribution is 2.37. The van der Waals surface area contributed by atoms with Crippen LogP contribution in [0.3, 0.4) is 0 Å². The lowest BCUT2D eigenvalue weighted by Gasteiger charge is -2.26. The van der Waals surface area contributed by atoms with Crippen LogP contribution < -0.4 is 4.74 Å². The van der Waals surface area contributed by atoms with Crippen molar-refractivity contribution >= 4 is 5.91 Å². The Morgan fingerprint density at radius 1 is 0.794 bits per heavy atom. The van der Waals surface area contributed by atoms with Crippen LogP contribution in [-0.2, 0) is 19.6 Å². The van der Waals surface area contributed by atoms with Crippen molar-refractivity contribution in [3.63, 3.8) is 0 Å². The predicted octanol–water partition coefficient (Wildman–Crippen LogP) is 6.08. The lowest BCUT2D eigenvalue weighted by Crippen LogP contribution is -2.29. The molecule has 1 aliphatic heterocycles. The minimum Gasteiger partial charge on any atom is -0.489 e. The molecule has 4 aromatic rings. The van der Waals surface area contributed by atoms with Crippen molar-refractivity contribution in [2.75, 3.05) is 0 Å². The van der Waals surface area contributed by atoms with Gasteiger partial charge in [0.15, 0.2) is 0 Å². The minimum atomic E-state index is -0.118. The number of carbonyl (C=O) groups excluding carboxylic acids is 1. The van der Waals surface area contributed by atoms with E-state index in [2.05, 4.69) is 6.07 Å². The van der Waals surface area contributed by atoms with Crippen LogP contribution in [0.4, 0.5) is 0 Å². The average molecular weight is 445 g/mol. The van der Waals surface area contributed by atoms with Gasteiger partial charge in [-0.3, -0.25) is 4.79 Å². The van der Waals surface area contributed by atoms with E-state index >= 15 is 0 Å². The van der Waals surface area contributed by atoms with E-state index in [-0.39, 0.29) is 11.9 Å². The molecule has 1 atom stereocenters. The standard InChI is InChI=1S/C30H24N2O2/c31-19-25-11-5-4-10-24(25)18-29-27-12-6-7-13-28(27)30(33)32(29)20-22-14-16-26(17-15-22)34-21-23-8-2-1-3-9-23/h1-17,29H,18,20-21H2. The summed E-state index contributed by atoms with van der Waals surface area (Å²) in [6.45, 7) is 1.01. The Kier molecular flexibility index (Phi) is 6.09. The van der Waals surface area contributed by atoms with Gasteiger partial charge in [0.05, 0.1) is 17.7 Å². The van der Waals surface area contributed by atoms with Crippen LogP contribution in [0.25, 0.3) is 0 Å². The quantitative estimate of drug-likeness (QED) is 0.347. The molecule has 0 bridgehead atoms. The third kappa shape index (κ3) is 4.42. The number of nitrogens with zero attached hydrogens (tertiary/aromatic N) is 2. The van der Waals surface area contributed by atoms with Crippen LogP contribution in [0, 0.1) is 11.3 Å². The molecule has 1 aliphatic rings. The molecule has 0 saturated carbocycles. The molecule has 1 unspecified atom stereocenters. The maximum Gasteiger partial charge on any atom is 0.255 e. The largest absolute Gasteiger partial charge is 0.489 e. The van der Waals surface area contributed by atoms with Crippen molar-refractivity contribution in [1.29, 1.82) is 5.26 Å². The molecule has 0 N–H and O–H groups in total. The van der Waals surface area contributed by atoms with E-state index in [1.165, 1.54) is 0 Å².